The van der Waals surface area contributed by atoms with Crippen LogP contribution in [0.3, 0.4) is 0 Å². The number of esters is 1. The average molecular weight is 313 g/mol. The van der Waals surface area contributed by atoms with Crippen LogP contribution in [0.4, 0.5) is 11.4 Å². The number of nitro groups is 1. The lowest BCUT2D eigenvalue weighted by atomic mass is 10.2. The minimum absolute atomic E-state index is 0.0899. The predicted octanol–water partition coefficient (Wildman–Crippen LogP) is 2.46. The fourth-order valence-corrected chi connectivity index (χ4v) is 2.31. The van der Waals surface area contributed by atoms with Gasteiger partial charge in [0.15, 0.2) is 0 Å². The maximum atomic E-state index is 11.5. The van der Waals surface area contributed by atoms with E-state index in [1.807, 2.05) is 0 Å². The summed E-state index contributed by atoms with van der Waals surface area (Å²) in [5.74, 6) is 5.59. The van der Waals surface area contributed by atoms with Crippen LogP contribution < -0.4 is 11.3 Å². The van der Waals surface area contributed by atoms with Gasteiger partial charge in [-0.05, 0) is 32.4 Å². The lowest BCUT2D eigenvalue weighted by molar-refractivity contribution is -0.384. The average Bonchev–Trinajstić information content (AvgIpc) is 2.36. The highest BCUT2D eigenvalue weighted by molar-refractivity contribution is 7.99. The topological polar surface area (TPSA) is 107 Å². The van der Waals surface area contributed by atoms with Crippen molar-refractivity contribution in [1.82, 2.24) is 0 Å². The van der Waals surface area contributed by atoms with E-state index in [1.54, 1.807) is 32.9 Å². The predicted molar refractivity (Wildman–Crippen MR) is 82.9 cm³/mol. The molecule has 0 radical (unpaired) electrons. The Morgan fingerprint density at radius 1 is 1.48 bits per heavy atom. The van der Waals surface area contributed by atoms with Crippen LogP contribution in [0.15, 0.2) is 18.2 Å². The number of anilines is 1. The number of nitro benzene ring substituents is 1. The molecule has 0 spiro atoms. The van der Waals surface area contributed by atoms with Crippen LogP contribution in [0.5, 0.6) is 0 Å². The second-order valence-electron chi connectivity index (χ2n) is 5.33. The van der Waals surface area contributed by atoms with Crippen molar-refractivity contribution in [2.24, 2.45) is 5.84 Å². The summed E-state index contributed by atoms with van der Waals surface area (Å²) in [6.45, 7) is 5.41. The molecule has 0 fully saturated rings. The highest BCUT2D eigenvalue weighted by atomic mass is 32.2. The standard InChI is InChI=1S/C13H19N3O4S/c1-13(2,3)20-12(17)8-21-7-9-4-5-10(15-14)11(6-9)16(18)19/h4-6,15H,7-8,14H2,1-3H3. The molecule has 0 aromatic heterocycles. The Balaban J connectivity index is 2.58. The van der Waals surface area contributed by atoms with Gasteiger partial charge in [0.25, 0.3) is 5.69 Å². The molecule has 0 saturated heterocycles. The molecule has 0 atom stereocenters. The molecule has 8 heteroatoms. The normalized spacial score (nSPS) is 11.0. The molecule has 21 heavy (non-hydrogen) atoms. The van der Waals surface area contributed by atoms with E-state index >= 15 is 0 Å². The summed E-state index contributed by atoms with van der Waals surface area (Å²) >= 11 is 1.34. The summed E-state index contributed by atoms with van der Waals surface area (Å²) in [6, 6.07) is 4.71. The van der Waals surface area contributed by atoms with E-state index in [2.05, 4.69) is 5.43 Å². The Hall–Kier alpha value is -1.80. The maximum Gasteiger partial charge on any atom is 0.316 e. The summed E-state index contributed by atoms with van der Waals surface area (Å²) in [6.07, 6.45) is 0. The second kappa shape index (κ2) is 7.28. The number of nitrogens with zero attached hydrogens (tertiary/aromatic N) is 1. The van der Waals surface area contributed by atoms with Gasteiger partial charge in [0.1, 0.15) is 11.3 Å². The SMILES string of the molecule is CC(C)(C)OC(=O)CSCc1ccc(NN)c([N+](=O)[O-])c1. The van der Waals surface area contributed by atoms with Gasteiger partial charge in [-0.2, -0.15) is 0 Å². The van der Waals surface area contributed by atoms with E-state index in [-0.39, 0.29) is 23.1 Å². The van der Waals surface area contributed by atoms with E-state index in [9.17, 15) is 14.9 Å². The third kappa shape index (κ3) is 6.01. The first-order valence-electron chi connectivity index (χ1n) is 6.26. The molecule has 0 aliphatic rings. The van der Waals surface area contributed by atoms with Gasteiger partial charge in [-0.25, -0.2) is 0 Å². The van der Waals surface area contributed by atoms with Crippen molar-refractivity contribution in [3.8, 4) is 0 Å². The van der Waals surface area contributed by atoms with Gasteiger partial charge in [0.05, 0.1) is 10.7 Å². The van der Waals surface area contributed by atoms with E-state index in [0.29, 0.717) is 5.75 Å². The molecule has 0 aliphatic carbocycles. The number of carbonyl (C=O) groups excluding carboxylic acids is 1. The van der Waals surface area contributed by atoms with Crippen LogP contribution >= 0.6 is 11.8 Å². The largest absolute Gasteiger partial charge is 0.459 e. The van der Waals surface area contributed by atoms with Crippen molar-refractivity contribution in [2.45, 2.75) is 32.1 Å². The molecule has 0 amide bonds. The maximum absolute atomic E-state index is 11.5. The summed E-state index contributed by atoms with van der Waals surface area (Å²) < 4.78 is 5.18. The Labute approximate surface area is 127 Å². The first kappa shape index (κ1) is 17.3. The number of hydrogen-bond donors (Lipinski definition) is 2. The van der Waals surface area contributed by atoms with Crippen LogP contribution in [0, 0.1) is 10.1 Å². The summed E-state index contributed by atoms with van der Waals surface area (Å²) in [5.41, 5.74) is 2.68. The second-order valence-corrected chi connectivity index (χ2v) is 6.32. The molecule has 0 unspecified atom stereocenters. The minimum Gasteiger partial charge on any atom is -0.459 e. The van der Waals surface area contributed by atoms with Crippen LogP contribution in [0.1, 0.15) is 26.3 Å². The van der Waals surface area contributed by atoms with Gasteiger partial charge < -0.3 is 10.2 Å². The van der Waals surface area contributed by atoms with Gasteiger partial charge in [0.2, 0.25) is 0 Å². The molecule has 0 heterocycles. The van der Waals surface area contributed by atoms with Crippen LogP contribution in [-0.2, 0) is 15.3 Å². The van der Waals surface area contributed by atoms with Gasteiger partial charge in [-0.3, -0.25) is 20.8 Å². The molecule has 1 rings (SSSR count). The fraction of sp³-hybridized carbons (Fsp3) is 0.462. The van der Waals surface area contributed by atoms with Gasteiger partial charge in [0, 0.05) is 11.8 Å². The number of benzene rings is 1. The van der Waals surface area contributed by atoms with Crippen molar-refractivity contribution < 1.29 is 14.5 Å². The first-order chi connectivity index (χ1) is 9.73. The summed E-state index contributed by atoms with van der Waals surface area (Å²) in [7, 11) is 0. The molecule has 7 nitrogen and oxygen atoms in total. The number of nitrogens with two attached hydrogens (primary N) is 1. The Kier molecular flexibility index (Phi) is 5.98. The highest BCUT2D eigenvalue weighted by Gasteiger charge is 2.17. The number of hydrogen-bond acceptors (Lipinski definition) is 7. The lowest BCUT2D eigenvalue weighted by Gasteiger charge is -2.19. The molecule has 1 aromatic rings. The number of carbonyl (C=O) groups is 1. The zero-order chi connectivity index (χ0) is 16.0. The number of rotatable bonds is 6. The first-order valence-corrected chi connectivity index (χ1v) is 7.42. The number of nitrogens with one attached hydrogen (secondary N) is 1. The van der Waals surface area contributed by atoms with Crippen molar-refractivity contribution >= 4 is 29.1 Å². The fourth-order valence-electron chi connectivity index (χ4n) is 1.56. The van der Waals surface area contributed by atoms with Crippen LogP contribution in [-0.4, -0.2) is 22.2 Å². The molecule has 0 bridgehead atoms. The molecule has 1 aromatic carbocycles. The summed E-state index contributed by atoms with van der Waals surface area (Å²) in [5, 5.41) is 10.9. The molecular formula is C13H19N3O4S. The van der Waals surface area contributed by atoms with E-state index in [0.717, 1.165) is 5.56 Å². The Morgan fingerprint density at radius 2 is 2.14 bits per heavy atom. The minimum atomic E-state index is -0.509. The molecule has 3 N–H and O–H groups in total. The van der Waals surface area contributed by atoms with E-state index in [4.69, 9.17) is 10.6 Å². The van der Waals surface area contributed by atoms with Crippen LogP contribution in [0.25, 0.3) is 0 Å². The molecule has 0 aliphatic heterocycles. The smallest absolute Gasteiger partial charge is 0.316 e. The van der Waals surface area contributed by atoms with Crippen molar-refractivity contribution in [1.29, 1.82) is 0 Å². The third-order valence-corrected chi connectivity index (χ3v) is 3.30. The Bertz CT molecular complexity index is 529. The van der Waals surface area contributed by atoms with E-state index in [1.165, 1.54) is 17.8 Å². The lowest BCUT2D eigenvalue weighted by Crippen LogP contribution is -2.24. The monoisotopic (exact) mass is 313 g/mol. The van der Waals surface area contributed by atoms with Gasteiger partial charge in [-0.1, -0.05) is 6.07 Å². The molecular weight excluding hydrogens is 294 g/mol. The van der Waals surface area contributed by atoms with Crippen molar-refractivity contribution in [2.75, 3.05) is 11.2 Å². The molecule has 116 valence electrons. The quantitative estimate of drug-likeness (QED) is 0.359. The Morgan fingerprint density at radius 3 is 2.67 bits per heavy atom. The van der Waals surface area contributed by atoms with Crippen molar-refractivity contribution in [3.05, 3.63) is 33.9 Å². The third-order valence-electron chi connectivity index (χ3n) is 2.32. The highest BCUT2D eigenvalue weighted by Crippen LogP contribution is 2.26. The number of hydrazine groups is 1. The van der Waals surface area contributed by atoms with Crippen LogP contribution in [0.2, 0.25) is 0 Å². The zero-order valence-corrected chi connectivity index (χ0v) is 13.0. The van der Waals surface area contributed by atoms with Gasteiger partial charge in [-0.15, -0.1) is 11.8 Å². The summed E-state index contributed by atoms with van der Waals surface area (Å²) in [4.78, 5) is 21.9. The zero-order valence-electron chi connectivity index (χ0n) is 12.2. The number of ether oxygens (including phenoxy) is 1. The van der Waals surface area contributed by atoms with Gasteiger partial charge >= 0.3 is 5.97 Å². The van der Waals surface area contributed by atoms with E-state index < -0.39 is 10.5 Å². The molecule has 0 saturated carbocycles. The van der Waals surface area contributed by atoms with Crippen molar-refractivity contribution in [3.63, 3.8) is 0 Å². The number of thioether (sulfide) groups is 1. The number of nitrogen functional groups attached to an aromatic ring is 1.